The predicted octanol–water partition coefficient (Wildman–Crippen LogP) is 0.643. The molecule has 0 aliphatic heterocycles. The molecule has 0 atom stereocenters. The van der Waals surface area contributed by atoms with Gasteiger partial charge < -0.3 is 0 Å². The zero-order chi connectivity index (χ0) is 4.83. The summed E-state index contributed by atoms with van der Waals surface area (Å²) in [6.07, 6.45) is 0.476. The van der Waals surface area contributed by atoms with Gasteiger partial charge in [0.05, 0.1) is 6.07 Å². The number of halogens is 1. The van der Waals surface area contributed by atoms with E-state index in [0.717, 1.165) is 0 Å². The van der Waals surface area contributed by atoms with Crippen molar-refractivity contribution in [1.29, 1.82) is 5.26 Å². The minimum atomic E-state index is 0.476. The highest BCUT2D eigenvalue weighted by atomic mass is 35.5. The first-order chi connectivity index (χ1) is 2.91. The van der Waals surface area contributed by atoms with Crippen LogP contribution in [0.5, 0.6) is 0 Å². The van der Waals surface area contributed by atoms with E-state index in [2.05, 4.69) is 4.84 Å². The van der Waals surface area contributed by atoms with Gasteiger partial charge in [-0.2, -0.15) is 5.26 Å². The Morgan fingerprint density at radius 1 is 1.83 bits per heavy atom. The Balaban J connectivity index is 2.54. The quantitative estimate of drug-likeness (QED) is 0.412. The Morgan fingerprint density at radius 2 is 2.50 bits per heavy atom. The van der Waals surface area contributed by atoms with Crippen LogP contribution in [0.4, 0.5) is 0 Å². The molecule has 0 spiro atoms. The molecule has 0 fully saturated rings. The van der Waals surface area contributed by atoms with Crippen molar-refractivity contribution in [3.63, 3.8) is 0 Å². The molecule has 0 unspecified atom stereocenters. The first-order valence-electron chi connectivity index (χ1n) is 1.62. The molecule has 34 valence electrons. The maximum absolute atomic E-state index is 7.85. The van der Waals surface area contributed by atoms with Crippen LogP contribution >= 0.6 is 11.8 Å². The summed E-state index contributed by atoms with van der Waals surface area (Å²) in [6, 6.07) is 1.92. The largest absolute Gasteiger partial charge is 0.233 e. The van der Waals surface area contributed by atoms with Gasteiger partial charge in [-0.05, 0) is 11.8 Å². The van der Waals surface area contributed by atoms with Crippen LogP contribution in [-0.2, 0) is 0 Å². The molecule has 2 nitrogen and oxygen atoms in total. The maximum atomic E-state index is 7.85. The van der Waals surface area contributed by atoms with Crippen molar-refractivity contribution in [2.75, 3.05) is 6.54 Å². The minimum absolute atomic E-state index is 0.476. The molecule has 0 bridgehead atoms. The minimum Gasteiger partial charge on any atom is -0.233 e. The first-order valence-corrected chi connectivity index (χ1v) is 2.00. The highest BCUT2D eigenvalue weighted by molar-refractivity contribution is 6.13. The van der Waals surface area contributed by atoms with E-state index in [1.54, 1.807) is 0 Å². The van der Waals surface area contributed by atoms with Gasteiger partial charge in [-0.1, -0.05) is 0 Å². The Bertz CT molecular complexity index is 56.3. The van der Waals surface area contributed by atoms with E-state index in [0.29, 0.717) is 13.0 Å². The van der Waals surface area contributed by atoms with Crippen molar-refractivity contribution < 1.29 is 0 Å². The molecule has 0 saturated heterocycles. The molecule has 0 aromatic rings. The Morgan fingerprint density at radius 3 is 2.67 bits per heavy atom. The van der Waals surface area contributed by atoms with E-state index in [9.17, 15) is 0 Å². The van der Waals surface area contributed by atoms with E-state index in [-0.39, 0.29) is 0 Å². The molecule has 3 heteroatoms. The highest BCUT2D eigenvalue weighted by Gasteiger charge is 1.73. The van der Waals surface area contributed by atoms with Gasteiger partial charge in [0.1, 0.15) is 0 Å². The van der Waals surface area contributed by atoms with E-state index in [1.165, 1.54) is 0 Å². The Kier molecular flexibility index (Phi) is 4.53. The fourth-order valence-electron chi connectivity index (χ4n) is 0.103. The summed E-state index contributed by atoms with van der Waals surface area (Å²) in [6.45, 7) is 0.568. The Labute approximate surface area is 41.8 Å². The van der Waals surface area contributed by atoms with Gasteiger partial charge in [-0.15, -0.1) is 0 Å². The fourth-order valence-corrected chi connectivity index (χ4v) is 0.198. The average molecular weight is 105 g/mol. The van der Waals surface area contributed by atoms with Crippen molar-refractivity contribution in [1.82, 2.24) is 4.84 Å². The van der Waals surface area contributed by atoms with Gasteiger partial charge in [0.2, 0.25) is 0 Å². The molecular weight excluding hydrogens is 99.5 g/mol. The third kappa shape index (κ3) is 3.74. The van der Waals surface area contributed by atoms with Crippen molar-refractivity contribution >= 4 is 11.8 Å². The topological polar surface area (TPSA) is 35.8 Å². The molecule has 0 radical (unpaired) electrons. The number of hydrogen-bond acceptors (Lipinski definition) is 2. The second-order valence-corrected chi connectivity index (χ2v) is 1.06. The summed E-state index contributed by atoms with van der Waals surface area (Å²) in [5.74, 6) is 0. The monoisotopic (exact) mass is 104 g/mol. The zero-order valence-electron chi connectivity index (χ0n) is 3.24. The van der Waals surface area contributed by atoms with Crippen molar-refractivity contribution in [3.05, 3.63) is 0 Å². The number of nitrogens with one attached hydrogen (secondary N) is 1. The summed E-state index contributed by atoms with van der Waals surface area (Å²) in [5, 5.41) is 7.85. The van der Waals surface area contributed by atoms with Crippen LogP contribution in [0.1, 0.15) is 6.42 Å². The van der Waals surface area contributed by atoms with Gasteiger partial charge in [0.15, 0.2) is 0 Å². The lowest BCUT2D eigenvalue weighted by atomic mass is 10.5. The summed E-state index contributed by atoms with van der Waals surface area (Å²) in [7, 11) is 0. The molecule has 1 N–H and O–H groups in total. The third-order valence-electron chi connectivity index (χ3n) is 0.331. The van der Waals surface area contributed by atoms with Crippen molar-refractivity contribution in [2.24, 2.45) is 0 Å². The molecule has 0 rings (SSSR count). The van der Waals surface area contributed by atoms with Crippen LogP contribution in [0.15, 0.2) is 0 Å². The van der Waals surface area contributed by atoms with Crippen molar-refractivity contribution in [2.45, 2.75) is 6.42 Å². The second kappa shape index (κ2) is 4.74. The van der Waals surface area contributed by atoms with E-state index in [1.807, 2.05) is 6.07 Å². The first kappa shape index (κ1) is 5.74. The van der Waals surface area contributed by atoms with E-state index in [4.69, 9.17) is 17.0 Å². The molecular formula is C3H5ClN2. The van der Waals surface area contributed by atoms with Gasteiger partial charge in [0.25, 0.3) is 0 Å². The van der Waals surface area contributed by atoms with Gasteiger partial charge >= 0.3 is 0 Å². The van der Waals surface area contributed by atoms with Crippen LogP contribution in [0, 0.1) is 11.3 Å². The maximum Gasteiger partial charge on any atom is 0.0635 e. The number of rotatable bonds is 2. The summed E-state index contributed by atoms with van der Waals surface area (Å²) in [5.41, 5.74) is 0. The lowest BCUT2D eigenvalue weighted by Crippen LogP contribution is -1.97. The molecule has 0 amide bonds. The van der Waals surface area contributed by atoms with Crippen LogP contribution in [0.3, 0.4) is 0 Å². The second-order valence-electron chi connectivity index (χ2n) is 0.792. The molecule has 0 aliphatic rings. The normalized spacial score (nSPS) is 7.33. The van der Waals surface area contributed by atoms with E-state index < -0.39 is 0 Å². The van der Waals surface area contributed by atoms with Crippen LogP contribution in [0.25, 0.3) is 0 Å². The van der Waals surface area contributed by atoms with Crippen LogP contribution in [0.2, 0.25) is 0 Å². The number of nitriles is 1. The van der Waals surface area contributed by atoms with E-state index >= 15 is 0 Å². The fraction of sp³-hybridized carbons (Fsp3) is 0.667. The number of nitrogens with zero attached hydrogens (tertiary/aromatic N) is 1. The summed E-state index contributed by atoms with van der Waals surface area (Å²) >= 11 is 4.98. The average Bonchev–Trinajstić information content (AvgIpc) is 1.61. The standard InChI is InChI=1S/C3H5ClN2/c4-6-3-1-2-5/h6H,1,3H2. The summed E-state index contributed by atoms with van der Waals surface area (Å²) in [4.78, 5) is 2.32. The molecule has 0 aromatic heterocycles. The predicted molar refractivity (Wildman–Crippen MR) is 24.1 cm³/mol. The lowest BCUT2D eigenvalue weighted by molar-refractivity contribution is 0.935. The highest BCUT2D eigenvalue weighted by Crippen LogP contribution is 1.68. The lowest BCUT2D eigenvalue weighted by Gasteiger charge is -1.79. The molecule has 0 saturated carbocycles. The summed E-state index contributed by atoms with van der Waals surface area (Å²) < 4.78 is 0. The molecule has 0 heterocycles. The van der Waals surface area contributed by atoms with Crippen LogP contribution in [-0.4, -0.2) is 6.54 Å². The van der Waals surface area contributed by atoms with Gasteiger partial charge in [-0.25, -0.2) is 4.84 Å². The Hall–Kier alpha value is -0.260. The third-order valence-corrected chi connectivity index (χ3v) is 0.520. The SMILES string of the molecule is N#CCCNCl. The smallest absolute Gasteiger partial charge is 0.0635 e. The van der Waals surface area contributed by atoms with Gasteiger partial charge in [-0.3, -0.25) is 0 Å². The van der Waals surface area contributed by atoms with Crippen molar-refractivity contribution in [3.8, 4) is 6.07 Å². The van der Waals surface area contributed by atoms with Crippen LogP contribution < -0.4 is 4.84 Å². The molecule has 0 aromatic carbocycles. The molecule has 6 heavy (non-hydrogen) atoms. The number of hydrogen-bond donors (Lipinski definition) is 1. The van der Waals surface area contributed by atoms with Gasteiger partial charge in [0, 0.05) is 13.0 Å². The zero-order valence-corrected chi connectivity index (χ0v) is 4.00. The molecule has 0 aliphatic carbocycles.